The molecule has 1 N–H and O–H groups in total. The third-order valence-electron chi connectivity index (χ3n) is 3.47. The van der Waals surface area contributed by atoms with Crippen LogP contribution in [0.15, 0.2) is 23.1 Å². The molecular formula is C14H21FN2O3S. The summed E-state index contributed by atoms with van der Waals surface area (Å²) in [5, 5.41) is 3.10. The molecule has 1 aliphatic heterocycles. The van der Waals surface area contributed by atoms with E-state index in [9.17, 15) is 12.8 Å². The summed E-state index contributed by atoms with van der Waals surface area (Å²) in [5.41, 5.74) is 0.748. The van der Waals surface area contributed by atoms with E-state index in [0.29, 0.717) is 19.8 Å². The molecule has 1 aromatic rings. The SMILES string of the molecule is CCNCc1ccc(F)c(S(=O)(=O)N2CCOCC2C)c1. The Morgan fingerprint density at radius 2 is 2.24 bits per heavy atom. The van der Waals surface area contributed by atoms with Crippen molar-refractivity contribution in [1.29, 1.82) is 0 Å². The molecule has 7 heteroatoms. The quantitative estimate of drug-likeness (QED) is 0.891. The van der Waals surface area contributed by atoms with Crippen molar-refractivity contribution in [3.05, 3.63) is 29.6 Å². The zero-order valence-corrected chi connectivity index (χ0v) is 13.1. The number of morpholine rings is 1. The lowest BCUT2D eigenvalue weighted by atomic mass is 10.2. The Balaban J connectivity index is 2.34. The highest BCUT2D eigenvalue weighted by Gasteiger charge is 2.33. The van der Waals surface area contributed by atoms with E-state index in [1.54, 1.807) is 13.0 Å². The van der Waals surface area contributed by atoms with Crippen LogP contribution in [0.5, 0.6) is 0 Å². The summed E-state index contributed by atoms with van der Waals surface area (Å²) in [7, 11) is -3.84. The molecule has 1 aliphatic rings. The van der Waals surface area contributed by atoms with Crippen LogP contribution in [0.1, 0.15) is 19.4 Å². The number of nitrogens with one attached hydrogen (secondary N) is 1. The average molecular weight is 316 g/mol. The lowest BCUT2D eigenvalue weighted by Crippen LogP contribution is -2.47. The Bertz CT molecular complexity index is 592. The minimum Gasteiger partial charge on any atom is -0.378 e. The van der Waals surface area contributed by atoms with Crippen molar-refractivity contribution in [2.45, 2.75) is 31.3 Å². The minimum atomic E-state index is -3.84. The number of benzene rings is 1. The maximum Gasteiger partial charge on any atom is 0.246 e. The van der Waals surface area contributed by atoms with Gasteiger partial charge in [-0.15, -0.1) is 0 Å². The highest BCUT2D eigenvalue weighted by Crippen LogP contribution is 2.24. The van der Waals surface area contributed by atoms with Crippen LogP contribution in [0.3, 0.4) is 0 Å². The topological polar surface area (TPSA) is 58.6 Å². The first-order valence-electron chi connectivity index (χ1n) is 7.05. The average Bonchev–Trinajstić information content (AvgIpc) is 2.46. The predicted molar refractivity (Wildman–Crippen MR) is 78.0 cm³/mol. The molecule has 0 aromatic heterocycles. The van der Waals surface area contributed by atoms with Gasteiger partial charge in [0, 0.05) is 19.1 Å². The van der Waals surface area contributed by atoms with E-state index in [1.807, 2.05) is 6.92 Å². The molecule has 21 heavy (non-hydrogen) atoms. The molecular weight excluding hydrogens is 295 g/mol. The molecule has 1 unspecified atom stereocenters. The van der Waals surface area contributed by atoms with Crippen LogP contribution < -0.4 is 5.32 Å². The summed E-state index contributed by atoms with van der Waals surface area (Å²) in [6.07, 6.45) is 0. The van der Waals surface area contributed by atoms with Gasteiger partial charge < -0.3 is 10.1 Å². The second-order valence-electron chi connectivity index (χ2n) is 5.08. The lowest BCUT2D eigenvalue weighted by Gasteiger charge is -2.32. The third kappa shape index (κ3) is 3.60. The van der Waals surface area contributed by atoms with Crippen molar-refractivity contribution in [3.8, 4) is 0 Å². The molecule has 5 nitrogen and oxygen atoms in total. The molecule has 0 amide bonds. The summed E-state index contributed by atoms with van der Waals surface area (Å²) in [5.74, 6) is -0.714. The summed E-state index contributed by atoms with van der Waals surface area (Å²) in [6.45, 7) is 5.91. The van der Waals surface area contributed by atoms with Gasteiger partial charge in [-0.3, -0.25) is 0 Å². The van der Waals surface area contributed by atoms with Crippen LogP contribution >= 0.6 is 0 Å². The number of sulfonamides is 1. The molecule has 1 heterocycles. The van der Waals surface area contributed by atoms with Gasteiger partial charge >= 0.3 is 0 Å². The first kappa shape index (κ1) is 16.4. The number of rotatable bonds is 5. The van der Waals surface area contributed by atoms with Gasteiger partial charge in [0.2, 0.25) is 10.0 Å². The van der Waals surface area contributed by atoms with E-state index in [0.717, 1.165) is 12.1 Å². The van der Waals surface area contributed by atoms with E-state index < -0.39 is 15.8 Å². The highest BCUT2D eigenvalue weighted by molar-refractivity contribution is 7.89. The van der Waals surface area contributed by atoms with Gasteiger partial charge in [0.05, 0.1) is 13.2 Å². The van der Waals surface area contributed by atoms with Crippen molar-refractivity contribution in [2.24, 2.45) is 0 Å². The second-order valence-corrected chi connectivity index (χ2v) is 6.94. The van der Waals surface area contributed by atoms with E-state index >= 15 is 0 Å². The van der Waals surface area contributed by atoms with Crippen LogP contribution in [-0.4, -0.2) is 45.1 Å². The minimum absolute atomic E-state index is 0.250. The van der Waals surface area contributed by atoms with Gasteiger partial charge in [-0.2, -0.15) is 4.31 Å². The van der Waals surface area contributed by atoms with Crippen LogP contribution in [0.25, 0.3) is 0 Å². The fraction of sp³-hybridized carbons (Fsp3) is 0.571. The molecule has 1 atom stereocenters. The standard InChI is InChI=1S/C14H21FN2O3S/c1-3-16-9-12-4-5-13(15)14(8-12)21(18,19)17-6-7-20-10-11(17)2/h4-5,8,11,16H,3,6-7,9-10H2,1-2H3. The van der Waals surface area contributed by atoms with Crippen molar-refractivity contribution >= 4 is 10.0 Å². The van der Waals surface area contributed by atoms with Crippen molar-refractivity contribution in [2.75, 3.05) is 26.3 Å². The number of hydrogen-bond donors (Lipinski definition) is 1. The smallest absolute Gasteiger partial charge is 0.246 e. The maximum absolute atomic E-state index is 14.0. The summed E-state index contributed by atoms with van der Waals surface area (Å²) in [6, 6.07) is 3.93. The van der Waals surface area contributed by atoms with Gasteiger partial charge in [0.1, 0.15) is 10.7 Å². The van der Waals surface area contributed by atoms with E-state index in [4.69, 9.17) is 4.74 Å². The van der Waals surface area contributed by atoms with E-state index in [1.165, 1.54) is 16.4 Å². The normalized spacial score (nSPS) is 20.6. The Kier molecular flexibility index (Phi) is 5.32. The molecule has 118 valence electrons. The number of hydrogen-bond acceptors (Lipinski definition) is 4. The first-order valence-corrected chi connectivity index (χ1v) is 8.49. The van der Waals surface area contributed by atoms with Crippen LogP contribution in [0, 0.1) is 5.82 Å². The third-order valence-corrected chi connectivity index (χ3v) is 5.50. The fourth-order valence-electron chi connectivity index (χ4n) is 2.32. The zero-order valence-electron chi connectivity index (χ0n) is 12.3. The first-order chi connectivity index (χ1) is 9.96. The molecule has 0 aliphatic carbocycles. The van der Waals surface area contributed by atoms with Crippen molar-refractivity contribution in [3.63, 3.8) is 0 Å². The Morgan fingerprint density at radius 1 is 1.48 bits per heavy atom. The number of halogens is 1. The largest absolute Gasteiger partial charge is 0.378 e. The molecule has 2 rings (SSSR count). The fourth-order valence-corrected chi connectivity index (χ4v) is 4.04. The van der Waals surface area contributed by atoms with Crippen molar-refractivity contribution < 1.29 is 17.5 Å². The van der Waals surface area contributed by atoms with Gasteiger partial charge in [-0.05, 0) is 31.2 Å². The predicted octanol–water partition coefficient (Wildman–Crippen LogP) is 1.34. The Morgan fingerprint density at radius 3 is 2.90 bits per heavy atom. The van der Waals surface area contributed by atoms with Crippen LogP contribution in [0.4, 0.5) is 4.39 Å². The van der Waals surface area contributed by atoms with E-state index in [2.05, 4.69) is 5.32 Å². The molecule has 1 aromatic carbocycles. The lowest BCUT2D eigenvalue weighted by molar-refractivity contribution is 0.0392. The van der Waals surface area contributed by atoms with Gasteiger partial charge in [0.15, 0.2) is 0 Å². The summed E-state index contributed by atoms with van der Waals surface area (Å²) >= 11 is 0. The molecule has 1 fully saturated rings. The van der Waals surface area contributed by atoms with Crippen LogP contribution in [0.2, 0.25) is 0 Å². The Labute approximate surface area is 125 Å². The van der Waals surface area contributed by atoms with Crippen LogP contribution in [-0.2, 0) is 21.3 Å². The molecule has 1 saturated heterocycles. The maximum atomic E-state index is 14.0. The Hall–Kier alpha value is -1.02. The number of ether oxygens (including phenoxy) is 1. The highest BCUT2D eigenvalue weighted by atomic mass is 32.2. The molecule has 0 saturated carbocycles. The molecule has 0 bridgehead atoms. The van der Waals surface area contributed by atoms with Gasteiger partial charge in [-0.1, -0.05) is 13.0 Å². The zero-order chi connectivity index (χ0) is 15.5. The number of nitrogens with zero attached hydrogens (tertiary/aromatic N) is 1. The molecule has 0 spiro atoms. The molecule has 0 radical (unpaired) electrons. The second kappa shape index (κ2) is 6.83. The summed E-state index contributed by atoms with van der Waals surface area (Å²) < 4.78 is 45.9. The van der Waals surface area contributed by atoms with Gasteiger partial charge in [0.25, 0.3) is 0 Å². The summed E-state index contributed by atoms with van der Waals surface area (Å²) in [4.78, 5) is -0.258. The van der Waals surface area contributed by atoms with Gasteiger partial charge in [-0.25, -0.2) is 12.8 Å². The van der Waals surface area contributed by atoms with Crippen molar-refractivity contribution in [1.82, 2.24) is 9.62 Å². The monoisotopic (exact) mass is 316 g/mol. The van der Waals surface area contributed by atoms with E-state index in [-0.39, 0.29) is 17.5 Å².